The first-order valence-electron chi connectivity index (χ1n) is 9.42. The van der Waals surface area contributed by atoms with Crippen molar-refractivity contribution < 1.29 is 9.59 Å². The summed E-state index contributed by atoms with van der Waals surface area (Å²) in [5.74, 6) is -0.511. The Morgan fingerprint density at radius 3 is 2.63 bits per heavy atom. The van der Waals surface area contributed by atoms with Crippen molar-refractivity contribution in [2.75, 3.05) is 18.9 Å². The van der Waals surface area contributed by atoms with Gasteiger partial charge >= 0.3 is 0 Å². The Labute approximate surface area is 178 Å². The van der Waals surface area contributed by atoms with E-state index in [9.17, 15) is 9.59 Å². The number of pyridine rings is 1. The number of anilines is 1. The maximum Gasteiger partial charge on any atom is 0.254 e. The van der Waals surface area contributed by atoms with E-state index in [2.05, 4.69) is 10.4 Å². The van der Waals surface area contributed by atoms with E-state index in [1.165, 1.54) is 4.90 Å². The van der Waals surface area contributed by atoms with Crippen LogP contribution in [-0.2, 0) is 11.8 Å². The molecule has 0 spiro atoms. The van der Waals surface area contributed by atoms with E-state index in [1.807, 2.05) is 49.7 Å². The SMILES string of the molecule is Cc1nn(C)c2nc(-c3cccs3)cc(C(=O)N(C)CC(=O)Nc3ccccc3)c12. The highest BCUT2D eigenvalue weighted by Crippen LogP contribution is 2.29. The smallest absolute Gasteiger partial charge is 0.254 e. The second-order valence-corrected chi connectivity index (χ2v) is 7.96. The number of aryl methyl sites for hydroxylation is 2. The molecule has 1 N–H and O–H groups in total. The standard InChI is InChI=1S/C22H21N5O2S/c1-14-20-16(12-17(18-10-7-11-30-18)24-21(20)27(3)25-14)22(29)26(2)13-19(28)23-15-8-5-4-6-9-15/h4-12H,13H2,1-3H3,(H,23,28). The molecule has 0 atom stereocenters. The molecule has 152 valence electrons. The van der Waals surface area contributed by atoms with E-state index in [0.717, 1.165) is 10.6 Å². The predicted molar refractivity (Wildman–Crippen MR) is 119 cm³/mol. The summed E-state index contributed by atoms with van der Waals surface area (Å²) in [4.78, 5) is 32.8. The summed E-state index contributed by atoms with van der Waals surface area (Å²) >= 11 is 1.56. The van der Waals surface area contributed by atoms with Gasteiger partial charge in [-0.05, 0) is 36.6 Å². The molecule has 0 saturated carbocycles. The van der Waals surface area contributed by atoms with Crippen LogP contribution in [0.3, 0.4) is 0 Å². The number of para-hydroxylation sites is 1. The fourth-order valence-electron chi connectivity index (χ4n) is 3.38. The van der Waals surface area contributed by atoms with E-state index >= 15 is 0 Å². The van der Waals surface area contributed by atoms with Crippen LogP contribution in [0, 0.1) is 6.92 Å². The van der Waals surface area contributed by atoms with Gasteiger partial charge in [-0.2, -0.15) is 5.10 Å². The van der Waals surface area contributed by atoms with Gasteiger partial charge in [0.05, 0.1) is 33.8 Å². The van der Waals surface area contributed by atoms with Gasteiger partial charge in [-0.3, -0.25) is 14.3 Å². The summed E-state index contributed by atoms with van der Waals surface area (Å²) in [7, 11) is 3.43. The van der Waals surface area contributed by atoms with Gasteiger partial charge in [-0.15, -0.1) is 11.3 Å². The van der Waals surface area contributed by atoms with Crippen molar-refractivity contribution in [1.29, 1.82) is 0 Å². The third-order valence-electron chi connectivity index (χ3n) is 4.76. The molecule has 0 unspecified atom stereocenters. The molecule has 30 heavy (non-hydrogen) atoms. The summed E-state index contributed by atoms with van der Waals surface area (Å²) < 4.78 is 1.68. The minimum absolute atomic E-state index is 0.0643. The van der Waals surface area contributed by atoms with E-state index in [4.69, 9.17) is 4.98 Å². The normalized spacial score (nSPS) is 10.9. The number of benzene rings is 1. The zero-order valence-corrected chi connectivity index (χ0v) is 17.7. The van der Waals surface area contributed by atoms with E-state index in [1.54, 1.807) is 41.3 Å². The topological polar surface area (TPSA) is 80.1 Å². The first-order chi connectivity index (χ1) is 14.4. The third kappa shape index (κ3) is 3.81. The van der Waals surface area contributed by atoms with Crippen molar-refractivity contribution in [3.63, 3.8) is 0 Å². The molecule has 0 aliphatic carbocycles. The van der Waals surface area contributed by atoms with Crippen molar-refractivity contribution in [3.05, 3.63) is 65.2 Å². The van der Waals surface area contributed by atoms with Crippen LogP contribution in [0.2, 0.25) is 0 Å². The van der Waals surface area contributed by atoms with Crippen LogP contribution in [0.4, 0.5) is 5.69 Å². The van der Waals surface area contributed by atoms with Crippen LogP contribution < -0.4 is 5.32 Å². The number of aromatic nitrogens is 3. The molecule has 7 nitrogen and oxygen atoms in total. The van der Waals surface area contributed by atoms with Crippen LogP contribution in [-0.4, -0.2) is 45.1 Å². The number of nitrogens with one attached hydrogen (secondary N) is 1. The van der Waals surface area contributed by atoms with Crippen molar-refractivity contribution in [1.82, 2.24) is 19.7 Å². The van der Waals surface area contributed by atoms with Crippen molar-refractivity contribution >= 4 is 39.9 Å². The molecule has 0 saturated heterocycles. The average Bonchev–Trinajstić information content (AvgIpc) is 3.36. The molecule has 0 fully saturated rings. The van der Waals surface area contributed by atoms with E-state index in [-0.39, 0.29) is 18.4 Å². The molecule has 2 amide bonds. The Morgan fingerprint density at radius 2 is 1.93 bits per heavy atom. The lowest BCUT2D eigenvalue weighted by Crippen LogP contribution is -2.35. The van der Waals surface area contributed by atoms with Crippen LogP contribution in [0.15, 0.2) is 53.9 Å². The zero-order chi connectivity index (χ0) is 21.3. The molecule has 8 heteroatoms. The molecule has 4 aromatic rings. The molecule has 1 aromatic carbocycles. The highest BCUT2D eigenvalue weighted by atomic mass is 32.1. The lowest BCUT2D eigenvalue weighted by molar-refractivity contribution is -0.116. The number of thiophene rings is 1. The van der Waals surface area contributed by atoms with Gasteiger partial charge in [0.1, 0.15) is 0 Å². The lowest BCUT2D eigenvalue weighted by Gasteiger charge is -2.18. The van der Waals surface area contributed by atoms with Crippen molar-refractivity contribution in [2.45, 2.75) is 6.92 Å². The van der Waals surface area contributed by atoms with Gasteiger partial charge in [-0.25, -0.2) is 4.98 Å². The molecule has 0 aliphatic rings. The highest BCUT2D eigenvalue weighted by molar-refractivity contribution is 7.13. The maximum atomic E-state index is 13.3. The summed E-state index contributed by atoms with van der Waals surface area (Å²) in [6.45, 7) is 1.79. The van der Waals surface area contributed by atoms with E-state index in [0.29, 0.717) is 28.0 Å². The summed E-state index contributed by atoms with van der Waals surface area (Å²) in [5.41, 5.74) is 3.26. The molecule has 0 aliphatic heterocycles. The fourth-order valence-corrected chi connectivity index (χ4v) is 4.07. The van der Waals surface area contributed by atoms with Crippen molar-refractivity contribution in [2.24, 2.45) is 7.05 Å². The number of nitrogens with zero attached hydrogens (tertiary/aromatic N) is 4. The lowest BCUT2D eigenvalue weighted by atomic mass is 10.1. The molecular weight excluding hydrogens is 398 g/mol. The zero-order valence-electron chi connectivity index (χ0n) is 16.9. The average molecular weight is 420 g/mol. The van der Waals surface area contributed by atoms with Gasteiger partial charge in [0.2, 0.25) is 5.91 Å². The molecule has 4 rings (SSSR count). The summed E-state index contributed by atoms with van der Waals surface area (Å²) in [6.07, 6.45) is 0. The molecule has 0 radical (unpaired) electrons. The Balaban J connectivity index is 1.65. The number of rotatable bonds is 5. The van der Waals surface area contributed by atoms with Gasteiger partial charge in [0.15, 0.2) is 5.65 Å². The fraction of sp³-hybridized carbons (Fsp3) is 0.182. The number of fused-ring (bicyclic) bond motifs is 1. The van der Waals surface area contributed by atoms with Gasteiger partial charge < -0.3 is 10.2 Å². The Hall–Kier alpha value is -3.52. The van der Waals surface area contributed by atoms with Gasteiger partial charge in [0.25, 0.3) is 5.91 Å². The Bertz CT molecular complexity index is 1220. The second-order valence-electron chi connectivity index (χ2n) is 7.02. The van der Waals surface area contributed by atoms with Crippen LogP contribution in [0.5, 0.6) is 0 Å². The predicted octanol–water partition coefficient (Wildman–Crippen LogP) is 3.72. The number of carbonyl (C=O) groups excluding carboxylic acids is 2. The second kappa shape index (κ2) is 8.08. The van der Waals surface area contributed by atoms with Crippen LogP contribution in [0.1, 0.15) is 16.1 Å². The summed E-state index contributed by atoms with van der Waals surface area (Å²) in [5, 5.41) is 9.92. The van der Waals surface area contributed by atoms with Crippen LogP contribution >= 0.6 is 11.3 Å². The molecule has 0 bridgehead atoms. The molecule has 3 heterocycles. The Morgan fingerprint density at radius 1 is 1.17 bits per heavy atom. The van der Waals surface area contributed by atoms with Crippen LogP contribution in [0.25, 0.3) is 21.6 Å². The summed E-state index contributed by atoms with van der Waals surface area (Å²) in [6, 6.07) is 14.9. The maximum absolute atomic E-state index is 13.3. The monoisotopic (exact) mass is 419 g/mol. The van der Waals surface area contributed by atoms with Gasteiger partial charge in [0, 0.05) is 19.8 Å². The number of hydrogen-bond donors (Lipinski definition) is 1. The van der Waals surface area contributed by atoms with Crippen molar-refractivity contribution in [3.8, 4) is 10.6 Å². The molecule has 3 aromatic heterocycles. The minimum Gasteiger partial charge on any atom is -0.332 e. The third-order valence-corrected chi connectivity index (χ3v) is 5.65. The minimum atomic E-state index is -0.260. The number of amides is 2. The number of carbonyl (C=O) groups is 2. The molecular formula is C22H21N5O2S. The Kier molecular flexibility index (Phi) is 5.33. The highest BCUT2D eigenvalue weighted by Gasteiger charge is 2.23. The first kappa shape index (κ1) is 19.8. The largest absolute Gasteiger partial charge is 0.332 e. The van der Waals surface area contributed by atoms with E-state index < -0.39 is 0 Å². The number of likely N-dealkylation sites (N-methyl/N-ethyl adjacent to an activating group) is 1. The quantitative estimate of drug-likeness (QED) is 0.535. The first-order valence-corrected chi connectivity index (χ1v) is 10.3. The van der Waals surface area contributed by atoms with Gasteiger partial charge in [-0.1, -0.05) is 24.3 Å². The number of hydrogen-bond acceptors (Lipinski definition) is 5.